The van der Waals surface area contributed by atoms with Crippen molar-refractivity contribution in [2.24, 2.45) is 0 Å². The largest absolute Gasteiger partial charge is 0.463 e. The van der Waals surface area contributed by atoms with E-state index in [1.165, 1.54) is 6.08 Å². The van der Waals surface area contributed by atoms with Crippen LogP contribution in [0.3, 0.4) is 0 Å². The van der Waals surface area contributed by atoms with Crippen LogP contribution in [0.25, 0.3) is 16.1 Å². The lowest BCUT2D eigenvalue weighted by Crippen LogP contribution is -1.99. The van der Waals surface area contributed by atoms with Crippen molar-refractivity contribution in [3.05, 3.63) is 40.4 Å². The van der Waals surface area contributed by atoms with Crippen molar-refractivity contribution in [2.45, 2.75) is 20.3 Å². The van der Waals surface area contributed by atoms with Gasteiger partial charge < -0.3 is 4.74 Å². The van der Waals surface area contributed by atoms with Gasteiger partial charge in [-0.2, -0.15) is 0 Å². The number of hydrogen-bond donors (Lipinski definition) is 0. The summed E-state index contributed by atoms with van der Waals surface area (Å²) in [6.07, 6.45) is 5.61. The zero-order chi connectivity index (χ0) is 15.2. The Hall–Kier alpha value is -1.79. The van der Waals surface area contributed by atoms with Gasteiger partial charge in [0.25, 0.3) is 0 Å². The monoisotopic (exact) mass is 320 g/mol. The average Bonchev–Trinajstić information content (AvgIpc) is 3.05. The van der Waals surface area contributed by atoms with Crippen LogP contribution in [-0.2, 0) is 16.0 Å². The predicted octanol–water partition coefficient (Wildman–Crippen LogP) is 3.96. The highest BCUT2D eigenvalue weighted by Gasteiger charge is 2.13. The second kappa shape index (κ2) is 7.28. The summed E-state index contributed by atoms with van der Waals surface area (Å²) < 4.78 is 4.89. The Kier molecular flexibility index (Phi) is 5.41. The Morgan fingerprint density at radius 2 is 2.29 bits per heavy atom. The molecule has 0 aromatic carbocycles. The van der Waals surface area contributed by atoms with Gasteiger partial charge in [-0.1, -0.05) is 12.2 Å². The van der Waals surface area contributed by atoms with Gasteiger partial charge in [0.2, 0.25) is 0 Å². The average molecular weight is 320 g/mol. The van der Waals surface area contributed by atoms with Crippen LogP contribution in [-0.4, -0.2) is 22.5 Å². The summed E-state index contributed by atoms with van der Waals surface area (Å²) >= 11 is 3.13. The number of carbonyl (C=O) groups excluding carboxylic acids is 1. The van der Waals surface area contributed by atoms with Crippen molar-refractivity contribution in [2.75, 3.05) is 6.61 Å². The van der Waals surface area contributed by atoms with Gasteiger partial charge in [-0.25, -0.2) is 14.8 Å². The maximum absolute atomic E-state index is 11.4. The number of aromatic nitrogens is 2. The first-order valence-electron chi connectivity index (χ1n) is 6.49. The third-order valence-corrected chi connectivity index (χ3v) is 4.46. The molecule has 0 radical (unpaired) electrons. The molecule has 0 bridgehead atoms. The van der Waals surface area contributed by atoms with Gasteiger partial charge in [0, 0.05) is 29.0 Å². The normalized spacial score (nSPS) is 11.0. The number of allylic oxidation sites excluding steroid dienone is 1. The van der Waals surface area contributed by atoms with E-state index in [2.05, 4.69) is 16.5 Å². The van der Waals surface area contributed by atoms with Crippen LogP contribution < -0.4 is 0 Å². The maximum atomic E-state index is 11.4. The van der Waals surface area contributed by atoms with E-state index in [1.54, 1.807) is 41.9 Å². The highest BCUT2D eigenvalue weighted by molar-refractivity contribution is 7.20. The van der Waals surface area contributed by atoms with Crippen LogP contribution in [0.1, 0.15) is 24.4 Å². The van der Waals surface area contributed by atoms with Crippen LogP contribution in [0.5, 0.6) is 0 Å². The Morgan fingerprint density at radius 1 is 1.48 bits per heavy atom. The highest BCUT2D eigenvalue weighted by Crippen LogP contribution is 2.31. The molecule has 2 aromatic heterocycles. The van der Waals surface area contributed by atoms with Gasteiger partial charge in [0.1, 0.15) is 0 Å². The molecule has 2 aromatic rings. The van der Waals surface area contributed by atoms with Crippen LogP contribution >= 0.6 is 22.7 Å². The van der Waals surface area contributed by atoms with Gasteiger partial charge in [-0.3, -0.25) is 0 Å². The molecular weight excluding hydrogens is 304 g/mol. The number of ether oxygens (including phenoxy) is 1. The lowest BCUT2D eigenvalue weighted by Gasteiger charge is -1.97. The van der Waals surface area contributed by atoms with E-state index in [9.17, 15) is 4.79 Å². The quantitative estimate of drug-likeness (QED) is 0.459. The molecule has 0 amide bonds. The van der Waals surface area contributed by atoms with E-state index in [-0.39, 0.29) is 5.97 Å². The summed E-state index contributed by atoms with van der Waals surface area (Å²) in [6, 6.07) is 0. The zero-order valence-electron chi connectivity index (χ0n) is 12.0. The zero-order valence-corrected chi connectivity index (χ0v) is 13.6. The van der Waals surface area contributed by atoms with Crippen molar-refractivity contribution in [1.82, 2.24) is 9.97 Å². The number of nitrogens with zero attached hydrogens (tertiary/aromatic N) is 2. The molecular formula is C15H16N2O2S2. The van der Waals surface area contributed by atoms with Crippen LogP contribution in [0, 0.1) is 0 Å². The van der Waals surface area contributed by atoms with E-state index < -0.39 is 0 Å². The number of hydrogen-bond acceptors (Lipinski definition) is 6. The summed E-state index contributed by atoms with van der Waals surface area (Å²) in [5.41, 5.74) is 1.83. The van der Waals surface area contributed by atoms with Gasteiger partial charge in [0.15, 0.2) is 10.0 Å². The lowest BCUT2D eigenvalue weighted by atomic mass is 10.2. The molecule has 0 saturated heterocycles. The molecule has 21 heavy (non-hydrogen) atoms. The molecule has 6 heteroatoms. The Morgan fingerprint density at radius 3 is 2.90 bits per heavy atom. The molecule has 0 atom stereocenters. The second-order valence-corrected chi connectivity index (χ2v) is 6.36. The SMILES string of the molecule is C=C(C)Cc1sc(-c2nccs2)nc1C=CC(=O)OCC. The fourth-order valence-electron chi connectivity index (χ4n) is 1.65. The number of rotatable bonds is 6. The third kappa shape index (κ3) is 4.34. The fraction of sp³-hybridized carbons (Fsp3) is 0.267. The molecule has 2 rings (SSSR count). The molecule has 0 spiro atoms. The van der Waals surface area contributed by atoms with Gasteiger partial charge in [-0.15, -0.1) is 22.7 Å². The van der Waals surface area contributed by atoms with E-state index in [1.807, 2.05) is 12.3 Å². The van der Waals surface area contributed by atoms with Crippen molar-refractivity contribution < 1.29 is 9.53 Å². The first-order chi connectivity index (χ1) is 10.1. The summed E-state index contributed by atoms with van der Waals surface area (Å²) in [4.78, 5) is 21.3. The van der Waals surface area contributed by atoms with Gasteiger partial charge in [-0.05, 0) is 19.9 Å². The summed E-state index contributed by atoms with van der Waals surface area (Å²) in [5, 5.41) is 3.67. The number of esters is 1. The smallest absolute Gasteiger partial charge is 0.330 e. The van der Waals surface area contributed by atoms with Gasteiger partial charge in [0.05, 0.1) is 12.3 Å². The van der Waals surface area contributed by atoms with Crippen molar-refractivity contribution in [3.63, 3.8) is 0 Å². The molecule has 0 saturated carbocycles. The van der Waals surface area contributed by atoms with Crippen LogP contribution in [0.2, 0.25) is 0 Å². The van der Waals surface area contributed by atoms with E-state index in [4.69, 9.17) is 4.74 Å². The molecule has 0 fully saturated rings. The molecule has 0 N–H and O–H groups in total. The van der Waals surface area contributed by atoms with E-state index >= 15 is 0 Å². The first-order valence-corrected chi connectivity index (χ1v) is 8.18. The minimum absolute atomic E-state index is 0.359. The first kappa shape index (κ1) is 15.6. The lowest BCUT2D eigenvalue weighted by molar-refractivity contribution is -0.137. The molecule has 4 nitrogen and oxygen atoms in total. The molecule has 0 aliphatic carbocycles. The van der Waals surface area contributed by atoms with E-state index in [0.29, 0.717) is 6.61 Å². The molecule has 110 valence electrons. The third-order valence-electron chi connectivity index (χ3n) is 2.47. The predicted molar refractivity (Wildman–Crippen MR) is 87.4 cm³/mol. The maximum Gasteiger partial charge on any atom is 0.330 e. The number of thiazole rings is 2. The Labute approximate surface area is 131 Å². The summed E-state index contributed by atoms with van der Waals surface area (Å²) in [7, 11) is 0. The molecule has 0 aliphatic rings. The minimum Gasteiger partial charge on any atom is -0.463 e. The topological polar surface area (TPSA) is 52.1 Å². The molecule has 0 unspecified atom stereocenters. The summed E-state index contributed by atoms with van der Waals surface area (Å²) in [5.74, 6) is -0.359. The minimum atomic E-state index is -0.359. The second-order valence-electron chi connectivity index (χ2n) is 4.38. The van der Waals surface area contributed by atoms with Crippen LogP contribution in [0.4, 0.5) is 0 Å². The highest BCUT2D eigenvalue weighted by atomic mass is 32.1. The van der Waals surface area contributed by atoms with E-state index in [0.717, 1.165) is 32.6 Å². The van der Waals surface area contributed by atoms with Crippen LogP contribution in [0.15, 0.2) is 29.8 Å². The summed E-state index contributed by atoms with van der Waals surface area (Å²) in [6.45, 7) is 8.06. The van der Waals surface area contributed by atoms with Crippen molar-refractivity contribution in [3.8, 4) is 10.0 Å². The standard InChI is InChI=1S/C15H16N2O2S2/c1-4-19-13(18)6-5-11-12(9-10(2)3)21-15(17-11)14-16-7-8-20-14/h5-8H,2,4,9H2,1,3H3. The Bertz CT molecular complexity index is 657. The molecule has 0 aliphatic heterocycles. The van der Waals surface area contributed by atoms with Crippen molar-refractivity contribution >= 4 is 34.7 Å². The Balaban J connectivity index is 2.29. The number of carbonyl (C=O) groups is 1. The molecule has 2 heterocycles. The van der Waals surface area contributed by atoms with Gasteiger partial charge >= 0.3 is 5.97 Å². The van der Waals surface area contributed by atoms with Crippen molar-refractivity contribution in [1.29, 1.82) is 0 Å². The fourth-order valence-corrected chi connectivity index (χ4v) is 3.49.